The number of methoxy groups -OCH3 is 1. The zero-order valence-electron chi connectivity index (χ0n) is 12.4. The van der Waals surface area contributed by atoms with Crippen molar-refractivity contribution in [3.05, 3.63) is 29.8 Å². The minimum absolute atomic E-state index is 0.162. The van der Waals surface area contributed by atoms with E-state index in [0.717, 1.165) is 24.3 Å². The Balaban J connectivity index is 2.64. The molecular weight excluding hydrogens is 276 g/mol. The monoisotopic (exact) mass is 300 g/mol. The molecule has 0 aliphatic heterocycles. The summed E-state index contributed by atoms with van der Waals surface area (Å²) in [6.07, 6.45) is 1.26. The molecule has 0 saturated heterocycles. The van der Waals surface area contributed by atoms with E-state index in [1.54, 1.807) is 7.11 Å². The molecule has 1 rings (SSSR count). The molecule has 0 aromatic heterocycles. The zero-order chi connectivity index (χ0) is 15.0. The summed E-state index contributed by atoms with van der Waals surface area (Å²) < 4.78 is 27.5. The fraction of sp³-hybridized carbons (Fsp3) is 0.571. The topological polar surface area (TPSA) is 58.6 Å². The van der Waals surface area contributed by atoms with Gasteiger partial charge in [0.2, 0.25) is 0 Å². The SMILES string of the molecule is COCCNCc1ccccc1N(C)CCS(C)(=O)=O. The molecule has 6 heteroatoms. The molecule has 0 amide bonds. The van der Waals surface area contributed by atoms with Crippen LogP contribution in [-0.4, -0.2) is 54.3 Å². The number of nitrogens with zero attached hydrogens (tertiary/aromatic N) is 1. The van der Waals surface area contributed by atoms with Crippen molar-refractivity contribution in [1.29, 1.82) is 0 Å². The maximum absolute atomic E-state index is 11.2. The second kappa shape index (κ2) is 8.24. The van der Waals surface area contributed by atoms with Gasteiger partial charge in [0.1, 0.15) is 9.84 Å². The molecule has 1 aromatic rings. The molecule has 20 heavy (non-hydrogen) atoms. The third-order valence-corrected chi connectivity index (χ3v) is 3.92. The molecule has 0 saturated carbocycles. The first-order valence-corrected chi connectivity index (χ1v) is 8.66. The lowest BCUT2D eigenvalue weighted by Gasteiger charge is -2.22. The van der Waals surface area contributed by atoms with Crippen LogP contribution < -0.4 is 10.2 Å². The summed E-state index contributed by atoms with van der Waals surface area (Å²) in [5.74, 6) is 0.162. The lowest BCUT2D eigenvalue weighted by molar-refractivity contribution is 0.199. The molecule has 0 radical (unpaired) electrons. The Morgan fingerprint density at radius 2 is 2.00 bits per heavy atom. The molecule has 0 unspecified atom stereocenters. The predicted octanol–water partition coefficient (Wildman–Crippen LogP) is 0.903. The fourth-order valence-electron chi connectivity index (χ4n) is 1.85. The maximum atomic E-state index is 11.2. The molecule has 0 bridgehead atoms. The molecule has 0 spiro atoms. The highest BCUT2D eigenvalue weighted by atomic mass is 32.2. The largest absolute Gasteiger partial charge is 0.383 e. The van der Waals surface area contributed by atoms with Crippen LogP contribution in [0.15, 0.2) is 24.3 Å². The Morgan fingerprint density at radius 3 is 2.65 bits per heavy atom. The van der Waals surface area contributed by atoms with Crippen molar-refractivity contribution in [3.63, 3.8) is 0 Å². The first-order chi connectivity index (χ1) is 9.44. The number of hydrogen-bond acceptors (Lipinski definition) is 5. The van der Waals surface area contributed by atoms with Crippen LogP contribution in [0, 0.1) is 0 Å². The van der Waals surface area contributed by atoms with Gasteiger partial charge in [-0.25, -0.2) is 8.42 Å². The highest BCUT2D eigenvalue weighted by molar-refractivity contribution is 7.90. The van der Waals surface area contributed by atoms with Gasteiger partial charge in [-0.2, -0.15) is 0 Å². The van der Waals surface area contributed by atoms with Crippen LogP contribution >= 0.6 is 0 Å². The Morgan fingerprint density at radius 1 is 1.30 bits per heavy atom. The summed E-state index contributed by atoms with van der Waals surface area (Å²) in [6.45, 7) is 2.70. The smallest absolute Gasteiger partial charge is 0.149 e. The molecule has 1 aromatic carbocycles. The van der Waals surface area contributed by atoms with Crippen molar-refractivity contribution >= 4 is 15.5 Å². The van der Waals surface area contributed by atoms with E-state index in [9.17, 15) is 8.42 Å². The summed E-state index contributed by atoms with van der Waals surface area (Å²) in [6, 6.07) is 8.01. The summed E-state index contributed by atoms with van der Waals surface area (Å²) in [4.78, 5) is 1.98. The Kier molecular flexibility index (Phi) is 6.98. The van der Waals surface area contributed by atoms with Gasteiger partial charge in [0.15, 0.2) is 0 Å². The van der Waals surface area contributed by atoms with Crippen molar-refractivity contribution in [2.24, 2.45) is 0 Å². The van der Waals surface area contributed by atoms with E-state index in [0.29, 0.717) is 13.2 Å². The summed E-state index contributed by atoms with van der Waals surface area (Å²) in [7, 11) is 0.653. The van der Waals surface area contributed by atoms with Crippen LogP contribution in [0.25, 0.3) is 0 Å². The van der Waals surface area contributed by atoms with Crippen LogP contribution in [-0.2, 0) is 21.1 Å². The van der Waals surface area contributed by atoms with Gasteiger partial charge in [0.05, 0.1) is 12.4 Å². The van der Waals surface area contributed by atoms with E-state index >= 15 is 0 Å². The maximum Gasteiger partial charge on any atom is 0.149 e. The number of para-hydroxylation sites is 1. The third-order valence-electron chi connectivity index (χ3n) is 3.00. The first kappa shape index (κ1) is 16.9. The fourth-order valence-corrected chi connectivity index (χ4v) is 2.46. The van der Waals surface area contributed by atoms with Crippen molar-refractivity contribution in [2.75, 3.05) is 50.8 Å². The number of nitrogens with one attached hydrogen (secondary N) is 1. The molecule has 114 valence electrons. The van der Waals surface area contributed by atoms with Crippen LogP contribution in [0.1, 0.15) is 5.56 Å². The minimum Gasteiger partial charge on any atom is -0.383 e. The molecule has 0 fully saturated rings. The van der Waals surface area contributed by atoms with E-state index in [1.807, 2.05) is 36.2 Å². The normalized spacial score (nSPS) is 11.6. The van der Waals surface area contributed by atoms with Crippen LogP contribution in [0.2, 0.25) is 0 Å². The molecule has 0 aliphatic rings. The highest BCUT2D eigenvalue weighted by Gasteiger charge is 2.09. The van der Waals surface area contributed by atoms with E-state index in [1.165, 1.54) is 6.26 Å². The lowest BCUT2D eigenvalue weighted by Crippen LogP contribution is -2.27. The molecule has 0 aliphatic carbocycles. The second-order valence-corrected chi connectivity index (χ2v) is 7.11. The van der Waals surface area contributed by atoms with E-state index in [2.05, 4.69) is 5.32 Å². The molecule has 0 heterocycles. The van der Waals surface area contributed by atoms with Gasteiger partial charge in [-0.1, -0.05) is 18.2 Å². The van der Waals surface area contributed by atoms with Crippen molar-refractivity contribution in [1.82, 2.24) is 5.32 Å². The summed E-state index contributed by atoms with van der Waals surface area (Å²) in [5.41, 5.74) is 2.21. The highest BCUT2D eigenvalue weighted by Crippen LogP contribution is 2.18. The lowest BCUT2D eigenvalue weighted by atomic mass is 10.1. The van der Waals surface area contributed by atoms with Gasteiger partial charge in [-0.05, 0) is 11.6 Å². The van der Waals surface area contributed by atoms with Gasteiger partial charge in [-0.15, -0.1) is 0 Å². The minimum atomic E-state index is -2.94. The van der Waals surface area contributed by atoms with Crippen molar-refractivity contribution in [2.45, 2.75) is 6.54 Å². The zero-order valence-corrected chi connectivity index (χ0v) is 13.2. The number of rotatable bonds is 9. The molecule has 0 atom stereocenters. The van der Waals surface area contributed by atoms with Gasteiger partial charge < -0.3 is 15.0 Å². The molecular formula is C14H24N2O3S. The van der Waals surface area contributed by atoms with Crippen LogP contribution in [0.5, 0.6) is 0 Å². The van der Waals surface area contributed by atoms with Crippen LogP contribution in [0.3, 0.4) is 0 Å². The standard InChI is InChI=1S/C14H24N2O3S/c1-16(9-11-20(3,17)18)14-7-5-4-6-13(14)12-15-8-10-19-2/h4-7,15H,8-12H2,1-3H3. The van der Waals surface area contributed by atoms with Crippen LogP contribution in [0.4, 0.5) is 5.69 Å². The van der Waals surface area contributed by atoms with E-state index < -0.39 is 9.84 Å². The Bertz CT molecular complexity index is 503. The molecule has 1 N–H and O–H groups in total. The van der Waals surface area contributed by atoms with Crippen molar-refractivity contribution in [3.8, 4) is 0 Å². The second-order valence-electron chi connectivity index (χ2n) is 4.85. The number of anilines is 1. The number of hydrogen-bond donors (Lipinski definition) is 1. The van der Waals surface area contributed by atoms with Gasteiger partial charge in [0.25, 0.3) is 0 Å². The Labute approximate surface area is 121 Å². The van der Waals surface area contributed by atoms with Gasteiger partial charge >= 0.3 is 0 Å². The third kappa shape index (κ3) is 6.36. The molecule has 5 nitrogen and oxygen atoms in total. The number of benzene rings is 1. The van der Waals surface area contributed by atoms with Gasteiger partial charge in [0, 0.05) is 45.7 Å². The first-order valence-electron chi connectivity index (χ1n) is 6.60. The predicted molar refractivity (Wildman–Crippen MR) is 83.0 cm³/mol. The quantitative estimate of drug-likeness (QED) is 0.687. The van der Waals surface area contributed by atoms with Gasteiger partial charge in [-0.3, -0.25) is 0 Å². The average Bonchev–Trinajstić information content (AvgIpc) is 2.40. The van der Waals surface area contributed by atoms with Crippen molar-refractivity contribution < 1.29 is 13.2 Å². The average molecular weight is 300 g/mol. The van der Waals surface area contributed by atoms with E-state index in [4.69, 9.17) is 4.74 Å². The summed E-state index contributed by atoms with van der Waals surface area (Å²) in [5, 5.41) is 3.30. The van der Waals surface area contributed by atoms with E-state index in [-0.39, 0.29) is 5.75 Å². The number of sulfone groups is 1. The number of ether oxygens (including phenoxy) is 1. The Hall–Kier alpha value is -1.11. The summed E-state index contributed by atoms with van der Waals surface area (Å²) >= 11 is 0.